The zero-order valence-corrected chi connectivity index (χ0v) is 19.6. The van der Waals surface area contributed by atoms with Gasteiger partial charge in [-0.05, 0) is 24.6 Å². The van der Waals surface area contributed by atoms with Gasteiger partial charge >= 0.3 is 0 Å². The van der Waals surface area contributed by atoms with Crippen LogP contribution in [0, 0.1) is 6.92 Å². The molecule has 162 valence electrons. The Morgan fingerprint density at radius 2 is 1.80 bits per heavy atom. The van der Waals surface area contributed by atoms with E-state index in [0.717, 1.165) is 38.3 Å². The first-order valence-electron chi connectivity index (χ1n) is 9.60. The van der Waals surface area contributed by atoms with Crippen molar-refractivity contribution < 1.29 is 9.59 Å². The van der Waals surface area contributed by atoms with Crippen LogP contribution in [0.4, 0.5) is 5.13 Å². The maximum Gasteiger partial charge on any atom is 0.265 e. The van der Waals surface area contributed by atoms with Crippen molar-refractivity contribution in [2.45, 2.75) is 13.5 Å². The highest BCUT2D eigenvalue weighted by Gasteiger charge is 2.21. The van der Waals surface area contributed by atoms with Crippen LogP contribution in [0.5, 0.6) is 0 Å². The molecule has 2 amide bonds. The highest BCUT2D eigenvalue weighted by Crippen LogP contribution is 2.24. The van der Waals surface area contributed by atoms with Crippen LogP contribution in [0.1, 0.15) is 20.9 Å². The topological polar surface area (TPSA) is 68.8 Å². The first kappa shape index (κ1) is 23.0. The van der Waals surface area contributed by atoms with Crippen LogP contribution in [0.15, 0.2) is 18.2 Å². The van der Waals surface area contributed by atoms with E-state index in [4.69, 9.17) is 23.2 Å². The molecule has 0 saturated carbocycles. The number of thiazole rings is 1. The van der Waals surface area contributed by atoms with Crippen LogP contribution in [-0.2, 0) is 11.3 Å². The van der Waals surface area contributed by atoms with Gasteiger partial charge in [-0.1, -0.05) is 40.6 Å². The minimum atomic E-state index is -0.120. The Morgan fingerprint density at radius 3 is 2.43 bits per heavy atom. The van der Waals surface area contributed by atoms with Crippen molar-refractivity contribution in [1.29, 1.82) is 0 Å². The molecule has 1 aromatic heterocycles. The van der Waals surface area contributed by atoms with E-state index in [1.807, 2.05) is 18.2 Å². The largest absolute Gasteiger partial charge is 0.344 e. The second-order valence-electron chi connectivity index (χ2n) is 7.48. The molecule has 0 bridgehead atoms. The van der Waals surface area contributed by atoms with Gasteiger partial charge in [0.15, 0.2) is 5.13 Å². The SMILES string of the molecule is Cc1nc(NC(=O)CN2CCN(Cc3ccc(Cl)c(Cl)c3)CC2)sc1C(=O)N(C)C. The molecule has 3 rings (SSSR count). The molecule has 1 aliphatic heterocycles. The number of amides is 2. The molecule has 0 aliphatic carbocycles. The second kappa shape index (κ2) is 10.1. The summed E-state index contributed by atoms with van der Waals surface area (Å²) in [5.74, 6) is -0.228. The van der Waals surface area contributed by atoms with E-state index in [1.54, 1.807) is 21.0 Å². The molecule has 2 aromatic rings. The minimum Gasteiger partial charge on any atom is -0.344 e. The van der Waals surface area contributed by atoms with Gasteiger partial charge in [-0.15, -0.1) is 0 Å². The number of carbonyl (C=O) groups is 2. The monoisotopic (exact) mass is 469 g/mol. The molecule has 0 spiro atoms. The molecule has 0 radical (unpaired) electrons. The third kappa shape index (κ3) is 5.92. The smallest absolute Gasteiger partial charge is 0.265 e. The van der Waals surface area contributed by atoms with Gasteiger partial charge in [0.2, 0.25) is 5.91 Å². The zero-order valence-electron chi connectivity index (χ0n) is 17.2. The Bertz CT molecular complexity index is 926. The highest BCUT2D eigenvalue weighted by atomic mass is 35.5. The fraction of sp³-hybridized carbons (Fsp3) is 0.450. The lowest BCUT2D eigenvalue weighted by molar-refractivity contribution is -0.117. The Kier molecular flexibility index (Phi) is 7.70. The third-order valence-electron chi connectivity index (χ3n) is 4.87. The summed E-state index contributed by atoms with van der Waals surface area (Å²) in [5.41, 5.74) is 1.75. The van der Waals surface area contributed by atoms with Crippen molar-refractivity contribution in [2.24, 2.45) is 0 Å². The van der Waals surface area contributed by atoms with E-state index in [9.17, 15) is 9.59 Å². The summed E-state index contributed by atoms with van der Waals surface area (Å²) >= 11 is 13.3. The van der Waals surface area contributed by atoms with Crippen molar-refractivity contribution in [3.63, 3.8) is 0 Å². The fourth-order valence-electron chi connectivity index (χ4n) is 3.21. The number of nitrogens with one attached hydrogen (secondary N) is 1. The number of aromatic nitrogens is 1. The average Bonchev–Trinajstić information content (AvgIpc) is 3.05. The van der Waals surface area contributed by atoms with E-state index >= 15 is 0 Å². The van der Waals surface area contributed by atoms with Gasteiger partial charge in [-0.25, -0.2) is 4.98 Å². The molecule has 1 saturated heterocycles. The lowest BCUT2D eigenvalue weighted by atomic mass is 10.2. The number of halogens is 2. The van der Waals surface area contributed by atoms with E-state index < -0.39 is 0 Å². The molecule has 1 fully saturated rings. The predicted octanol–water partition coefficient (Wildman–Crippen LogP) is 3.22. The van der Waals surface area contributed by atoms with Crippen LogP contribution < -0.4 is 5.32 Å². The Morgan fingerprint density at radius 1 is 1.13 bits per heavy atom. The number of hydrogen-bond acceptors (Lipinski definition) is 6. The third-order valence-corrected chi connectivity index (χ3v) is 6.67. The zero-order chi connectivity index (χ0) is 21.8. The summed E-state index contributed by atoms with van der Waals surface area (Å²) in [6, 6.07) is 5.70. The van der Waals surface area contributed by atoms with E-state index in [1.165, 1.54) is 16.2 Å². The quantitative estimate of drug-likeness (QED) is 0.703. The van der Waals surface area contributed by atoms with Gasteiger partial charge in [-0.2, -0.15) is 0 Å². The number of piperazine rings is 1. The Hall–Kier alpha value is -1.71. The van der Waals surface area contributed by atoms with Crippen LogP contribution in [0.2, 0.25) is 10.0 Å². The summed E-state index contributed by atoms with van der Waals surface area (Å²) in [6.45, 7) is 6.22. The number of aryl methyl sites for hydroxylation is 1. The molecule has 0 atom stereocenters. The van der Waals surface area contributed by atoms with Crippen molar-refractivity contribution in [1.82, 2.24) is 19.7 Å². The van der Waals surface area contributed by atoms with Crippen molar-refractivity contribution >= 4 is 51.5 Å². The van der Waals surface area contributed by atoms with Gasteiger partial charge in [0.25, 0.3) is 5.91 Å². The molecule has 1 N–H and O–H groups in total. The first-order chi connectivity index (χ1) is 14.2. The van der Waals surface area contributed by atoms with Gasteiger partial charge in [0.05, 0.1) is 22.3 Å². The van der Waals surface area contributed by atoms with Crippen molar-refractivity contribution in [2.75, 3.05) is 52.1 Å². The lowest BCUT2D eigenvalue weighted by Gasteiger charge is -2.34. The summed E-state index contributed by atoms with van der Waals surface area (Å²) < 4.78 is 0. The molecule has 0 unspecified atom stereocenters. The Labute approximate surface area is 190 Å². The highest BCUT2D eigenvalue weighted by molar-refractivity contribution is 7.17. The lowest BCUT2D eigenvalue weighted by Crippen LogP contribution is -2.48. The molecular formula is C20H25Cl2N5O2S. The number of carbonyl (C=O) groups excluding carboxylic acids is 2. The van der Waals surface area contributed by atoms with Crippen molar-refractivity contribution in [3.8, 4) is 0 Å². The molecule has 10 heteroatoms. The van der Waals surface area contributed by atoms with Crippen LogP contribution >= 0.6 is 34.5 Å². The van der Waals surface area contributed by atoms with Gasteiger partial charge in [-0.3, -0.25) is 19.4 Å². The summed E-state index contributed by atoms with van der Waals surface area (Å²) in [6.07, 6.45) is 0. The number of benzene rings is 1. The number of nitrogens with zero attached hydrogens (tertiary/aromatic N) is 4. The van der Waals surface area contributed by atoms with Crippen LogP contribution in [0.25, 0.3) is 0 Å². The molecule has 2 heterocycles. The van der Waals surface area contributed by atoms with Gasteiger partial charge in [0.1, 0.15) is 4.88 Å². The maximum absolute atomic E-state index is 12.4. The summed E-state index contributed by atoms with van der Waals surface area (Å²) in [5, 5.41) is 4.41. The molecule has 30 heavy (non-hydrogen) atoms. The van der Waals surface area contributed by atoms with Crippen molar-refractivity contribution in [3.05, 3.63) is 44.4 Å². The second-order valence-corrected chi connectivity index (χ2v) is 9.30. The first-order valence-corrected chi connectivity index (χ1v) is 11.2. The van der Waals surface area contributed by atoms with Gasteiger partial charge in [0, 0.05) is 46.8 Å². The maximum atomic E-state index is 12.4. The van der Waals surface area contributed by atoms with E-state index in [-0.39, 0.29) is 11.8 Å². The van der Waals surface area contributed by atoms with Crippen LogP contribution in [-0.4, -0.2) is 78.3 Å². The summed E-state index contributed by atoms with van der Waals surface area (Å²) in [4.78, 5) is 35.4. The molecule has 7 nitrogen and oxygen atoms in total. The number of rotatable bonds is 6. The predicted molar refractivity (Wildman–Crippen MR) is 122 cm³/mol. The molecule has 1 aromatic carbocycles. The minimum absolute atomic E-state index is 0.108. The number of anilines is 1. The normalized spacial score (nSPS) is 15.2. The summed E-state index contributed by atoms with van der Waals surface area (Å²) in [7, 11) is 3.39. The van der Waals surface area contributed by atoms with E-state index in [2.05, 4.69) is 20.1 Å². The fourth-order valence-corrected chi connectivity index (χ4v) is 4.54. The molecular weight excluding hydrogens is 445 g/mol. The average molecular weight is 470 g/mol. The van der Waals surface area contributed by atoms with E-state index in [0.29, 0.717) is 32.3 Å². The standard InChI is InChI=1S/C20H25Cl2N5O2S/c1-13-18(19(29)25(2)3)30-20(23-13)24-17(28)12-27-8-6-26(7-9-27)11-14-4-5-15(21)16(22)10-14/h4-5,10H,6-9,11-12H2,1-3H3,(H,23,24,28). The number of hydrogen-bond donors (Lipinski definition) is 1. The Balaban J connectivity index is 1.47. The van der Waals surface area contributed by atoms with Crippen LogP contribution in [0.3, 0.4) is 0 Å². The van der Waals surface area contributed by atoms with Gasteiger partial charge < -0.3 is 10.2 Å². The molecule has 1 aliphatic rings.